The van der Waals surface area contributed by atoms with Crippen LogP contribution in [0, 0.1) is 5.92 Å². The maximum absolute atomic E-state index is 11.2. The van der Waals surface area contributed by atoms with Crippen molar-refractivity contribution in [2.24, 2.45) is 5.92 Å². The van der Waals surface area contributed by atoms with E-state index in [2.05, 4.69) is 17.1 Å². The quantitative estimate of drug-likeness (QED) is 0.780. The van der Waals surface area contributed by atoms with E-state index in [1.54, 1.807) is 0 Å². The number of piperidine rings is 1. The Morgan fingerprint density at radius 1 is 1.50 bits per heavy atom. The van der Waals surface area contributed by atoms with Crippen molar-refractivity contribution in [3.05, 3.63) is 0 Å². The normalized spacial score (nSPS) is 30.2. The lowest BCUT2D eigenvalue weighted by atomic mass is 9.93. The van der Waals surface area contributed by atoms with Crippen LogP contribution in [0.2, 0.25) is 0 Å². The van der Waals surface area contributed by atoms with Crippen LogP contribution in [0.1, 0.15) is 20.3 Å². The van der Waals surface area contributed by atoms with Gasteiger partial charge < -0.3 is 5.32 Å². The van der Waals surface area contributed by atoms with Crippen molar-refractivity contribution in [2.75, 3.05) is 32.1 Å². The third kappa shape index (κ3) is 4.03. The number of hydrogen-bond acceptors (Lipinski definition) is 4. The summed E-state index contributed by atoms with van der Waals surface area (Å²) in [6, 6.07) is 0.705. The summed E-state index contributed by atoms with van der Waals surface area (Å²) in [6.07, 6.45) is 2.42. The van der Waals surface area contributed by atoms with Crippen molar-refractivity contribution < 1.29 is 8.42 Å². The molecule has 1 aliphatic rings. The van der Waals surface area contributed by atoms with E-state index in [4.69, 9.17) is 0 Å². The number of rotatable bonds is 4. The van der Waals surface area contributed by atoms with Gasteiger partial charge in [-0.15, -0.1) is 0 Å². The minimum absolute atomic E-state index is 0.134. The Balaban J connectivity index is 2.51. The molecule has 0 aliphatic carbocycles. The molecule has 0 bridgehead atoms. The Labute approximate surface area is 99.3 Å². The molecular weight excluding hydrogens is 224 g/mol. The molecule has 16 heavy (non-hydrogen) atoms. The summed E-state index contributed by atoms with van der Waals surface area (Å²) in [5.41, 5.74) is 0. The fourth-order valence-electron chi connectivity index (χ4n) is 2.55. The molecule has 0 aromatic heterocycles. The van der Waals surface area contributed by atoms with Crippen LogP contribution in [0.25, 0.3) is 0 Å². The van der Waals surface area contributed by atoms with E-state index in [1.165, 1.54) is 6.26 Å². The van der Waals surface area contributed by atoms with Crippen LogP contribution >= 0.6 is 0 Å². The van der Waals surface area contributed by atoms with Gasteiger partial charge in [0.15, 0.2) is 0 Å². The summed E-state index contributed by atoms with van der Waals surface area (Å²) in [7, 11) is -0.870. The molecule has 0 aromatic carbocycles. The Morgan fingerprint density at radius 3 is 2.56 bits per heavy atom. The Morgan fingerprint density at radius 2 is 2.12 bits per heavy atom. The van der Waals surface area contributed by atoms with Crippen LogP contribution in [0.4, 0.5) is 0 Å². The molecule has 1 aliphatic heterocycles. The van der Waals surface area contributed by atoms with E-state index in [0.29, 0.717) is 12.0 Å². The first kappa shape index (κ1) is 13.9. The van der Waals surface area contributed by atoms with Gasteiger partial charge in [0.05, 0.1) is 5.75 Å². The van der Waals surface area contributed by atoms with Crippen LogP contribution in [0.5, 0.6) is 0 Å². The van der Waals surface area contributed by atoms with Gasteiger partial charge in [-0.1, -0.05) is 6.92 Å². The summed E-state index contributed by atoms with van der Waals surface area (Å²) in [4.78, 5) is 2.29. The largest absolute Gasteiger partial charge is 0.317 e. The summed E-state index contributed by atoms with van der Waals surface area (Å²) < 4.78 is 22.5. The lowest BCUT2D eigenvalue weighted by Gasteiger charge is -2.39. The zero-order chi connectivity index (χ0) is 12.3. The predicted octanol–water partition coefficient (Wildman–Crippen LogP) is 0.349. The predicted molar refractivity (Wildman–Crippen MR) is 67.4 cm³/mol. The molecule has 0 amide bonds. The first-order chi connectivity index (χ1) is 7.33. The van der Waals surface area contributed by atoms with Gasteiger partial charge in [-0.3, -0.25) is 4.90 Å². The van der Waals surface area contributed by atoms with E-state index >= 15 is 0 Å². The van der Waals surface area contributed by atoms with Crippen molar-refractivity contribution >= 4 is 9.84 Å². The standard InChI is InChI=1S/C11H24N2O2S/c1-9-7-13(6-5-11(9)12-3)10(2)8-16(4,14)15/h9-12H,5-8H2,1-4H3. The van der Waals surface area contributed by atoms with Crippen LogP contribution in [-0.2, 0) is 9.84 Å². The lowest BCUT2D eigenvalue weighted by Crippen LogP contribution is -2.51. The molecule has 1 N–H and O–H groups in total. The van der Waals surface area contributed by atoms with Crippen molar-refractivity contribution in [3.63, 3.8) is 0 Å². The third-order valence-corrected chi connectivity index (χ3v) is 4.56. The van der Waals surface area contributed by atoms with Crippen molar-refractivity contribution in [3.8, 4) is 0 Å². The number of nitrogens with one attached hydrogen (secondary N) is 1. The highest BCUT2D eigenvalue weighted by Crippen LogP contribution is 2.18. The van der Waals surface area contributed by atoms with Gasteiger partial charge in [-0.2, -0.15) is 0 Å². The van der Waals surface area contributed by atoms with Gasteiger partial charge in [0.1, 0.15) is 9.84 Å². The molecule has 1 heterocycles. The topological polar surface area (TPSA) is 49.4 Å². The highest BCUT2D eigenvalue weighted by molar-refractivity contribution is 7.90. The molecule has 0 spiro atoms. The smallest absolute Gasteiger partial charge is 0.148 e. The van der Waals surface area contributed by atoms with Crippen LogP contribution < -0.4 is 5.32 Å². The number of nitrogens with zero attached hydrogens (tertiary/aromatic N) is 1. The molecule has 1 rings (SSSR count). The second kappa shape index (κ2) is 5.47. The molecule has 5 heteroatoms. The highest BCUT2D eigenvalue weighted by Gasteiger charge is 2.28. The van der Waals surface area contributed by atoms with E-state index in [0.717, 1.165) is 19.5 Å². The van der Waals surface area contributed by atoms with Gasteiger partial charge in [-0.05, 0) is 32.9 Å². The molecule has 4 nitrogen and oxygen atoms in total. The monoisotopic (exact) mass is 248 g/mol. The lowest BCUT2D eigenvalue weighted by molar-refractivity contribution is 0.122. The second-order valence-electron chi connectivity index (χ2n) is 5.10. The maximum atomic E-state index is 11.2. The highest BCUT2D eigenvalue weighted by atomic mass is 32.2. The first-order valence-corrected chi connectivity index (χ1v) is 7.98. The molecule has 0 saturated carbocycles. The second-order valence-corrected chi connectivity index (χ2v) is 7.28. The van der Waals surface area contributed by atoms with Gasteiger partial charge in [0.2, 0.25) is 0 Å². The number of hydrogen-bond donors (Lipinski definition) is 1. The van der Waals surface area contributed by atoms with Crippen LogP contribution in [-0.4, -0.2) is 57.5 Å². The van der Waals surface area contributed by atoms with Gasteiger partial charge in [0.25, 0.3) is 0 Å². The Hall–Kier alpha value is -0.130. The van der Waals surface area contributed by atoms with E-state index in [9.17, 15) is 8.42 Å². The molecule has 0 radical (unpaired) electrons. The minimum Gasteiger partial charge on any atom is -0.317 e. The van der Waals surface area contributed by atoms with Gasteiger partial charge in [0, 0.05) is 24.9 Å². The van der Waals surface area contributed by atoms with Crippen LogP contribution in [0.3, 0.4) is 0 Å². The van der Waals surface area contributed by atoms with E-state index < -0.39 is 9.84 Å². The maximum Gasteiger partial charge on any atom is 0.148 e. The Kier molecular flexibility index (Phi) is 4.76. The molecule has 3 atom stereocenters. The average molecular weight is 248 g/mol. The summed E-state index contributed by atoms with van der Waals surface area (Å²) in [6.45, 7) is 6.21. The first-order valence-electron chi connectivity index (χ1n) is 5.92. The SMILES string of the molecule is CNC1CCN(C(C)CS(C)(=O)=O)CC1C. The molecule has 1 saturated heterocycles. The molecular formula is C11H24N2O2S. The fraction of sp³-hybridized carbons (Fsp3) is 1.00. The Bertz CT molecular complexity index is 316. The zero-order valence-corrected chi connectivity index (χ0v) is 11.5. The van der Waals surface area contributed by atoms with Crippen molar-refractivity contribution in [1.29, 1.82) is 0 Å². The van der Waals surface area contributed by atoms with Crippen LogP contribution in [0.15, 0.2) is 0 Å². The van der Waals surface area contributed by atoms with Gasteiger partial charge >= 0.3 is 0 Å². The molecule has 3 unspecified atom stereocenters. The third-order valence-electron chi connectivity index (χ3n) is 3.47. The summed E-state index contributed by atoms with van der Waals surface area (Å²) in [5, 5.41) is 3.32. The van der Waals surface area contributed by atoms with Crippen molar-refractivity contribution in [2.45, 2.75) is 32.4 Å². The summed E-state index contributed by atoms with van der Waals surface area (Å²) >= 11 is 0. The van der Waals surface area contributed by atoms with Crippen molar-refractivity contribution in [1.82, 2.24) is 10.2 Å². The molecule has 1 fully saturated rings. The van der Waals surface area contributed by atoms with E-state index in [-0.39, 0.29) is 11.8 Å². The summed E-state index contributed by atoms with van der Waals surface area (Å²) in [5.74, 6) is 0.852. The fourth-order valence-corrected chi connectivity index (χ4v) is 3.64. The van der Waals surface area contributed by atoms with E-state index in [1.807, 2.05) is 14.0 Å². The minimum atomic E-state index is -2.87. The van der Waals surface area contributed by atoms with Gasteiger partial charge in [-0.25, -0.2) is 8.42 Å². The average Bonchev–Trinajstić information content (AvgIpc) is 2.15. The number of likely N-dealkylation sites (tertiary alicyclic amines) is 1. The number of sulfone groups is 1. The molecule has 96 valence electrons. The molecule has 0 aromatic rings. The zero-order valence-electron chi connectivity index (χ0n) is 10.7.